The van der Waals surface area contributed by atoms with Crippen molar-refractivity contribution in [2.75, 3.05) is 5.32 Å². The summed E-state index contributed by atoms with van der Waals surface area (Å²) in [6.45, 7) is 0.491. The minimum Gasteiger partial charge on any atom is -0.379 e. The van der Waals surface area contributed by atoms with Crippen LogP contribution in [0.25, 0.3) is 0 Å². The van der Waals surface area contributed by atoms with Crippen molar-refractivity contribution >= 4 is 49.1 Å². The Bertz CT molecular complexity index is 578. The molecule has 1 aromatic carbocycles. The van der Waals surface area contributed by atoms with E-state index in [0.29, 0.717) is 20.6 Å². The number of hydrogen-bond donors (Lipinski definition) is 1. The Morgan fingerprint density at radius 1 is 1.28 bits per heavy atom. The van der Waals surface area contributed by atoms with E-state index in [0.717, 1.165) is 11.3 Å². The van der Waals surface area contributed by atoms with Crippen LogP contribution >= 0.6 is 43.5 Å². The molecule has 0 saturated heterocycles. The van der Waals surface area contributed by atoms with Gasteiger partial charge in [-0.25, -0.2) is 9.37 Å². The van der Waals surface area contributed by atoms with Crippen LogP contribution in [-0.4, -0.2) is 4.98 Å². The Labute approximate surface area is 126 Å². The molecular weight excluding hydrogens is 386 g/mol. The van der Waals surface area contributed by atoms with Crippen molar-refractivity contribution < 1.29 is 4.39 Å². The molecule has 0 bridgehead atoms. The maximum absolute atomic E-state index is 13.3. The lowest BCUT2D eigenvalue weighted by atomic mass is 10.2. The van der Waals surface area contributed by atoms with Gasteiger partial charge in [-0.05, 0) is 55.6 Å². The molecule has 18 heavy (non-hydrogen) atoms. The van der Waals surface area contributed by atoms with E-state index in [1.807, 2.05) is 6.07 Å². The number of aromatic nitrogens is 1. The number of benzene rings is 1. The molecule has 2 rings (SSSR count). The molecule has 6 heteroatoms. The Morgan fingerprint density at radius 3 is 2.78 bits per heavy atom. The topological polar surface area (TPSA) is 24.9 Å². The van der Waals surface area contributed by atoms with E-state index in [4.69, 9.17) is 11.6 Å². The molecule has 0 spiro atoms. The molecule has 0 aliphatic rings. The summed E-state index contributed by atoms with van der Waals surface area (Å²) >= 11 is 12.3. The first-order valence-electron chi connectivity index (χ1n) is 5.05. The Morgan fingerprint density at radius 2 is 2.06 bits per heavy atom. The summed E-state index contributed by atoms with van der Waals surface area (Å²) in [5, 5.41) is 3.69. The van der Waals surface area contributed by atoms with E-state index >= 15 is 0 Å². The quantitative estimate of drug-likeness (QED) is 0.740. The standard InChI is InChI=1S/C12H8Br2ClFN2/c13-9-2-1-7(3-10(9)16)5-17-11-4-8(15)6-18-12(11)14/h1-4,6,17H,5H2. The fourth-order valence-electron chi connectivity index (χ4n) is 1.39. The third kappa shape index (κ3) is 3.43. The molecule has 2 aromatic rings. The van der Waals surface area contributed by atoms with Gasteiger partial charge >= 0.3 is 0 Å². The molecule has 0 atom stereocenters. The molecule has 0 fully saturated rings. The summed E-state index contributed by atoms with van der Waals surface area (Å²) in [5.74, 6) is -0.280. The Balaban J connectivity index is 2.11. The number of halogens is 4. The first kappa shape index (κ1) is 13.8. The number of nitrogens with one attached hydrogen (secondary N) is 1. The molecule has 0 saturated carbocycles. The molecule has 1 heterocycles. The summed E-state index contributed by atoms with van der Waals surface area (Å²) in [6, 6.07) is 6.75. The van der Waals surface area contributed by atoms with Crippen molar-refractivity contribution in [3.8, 4) is 0 Å². The van der Waals surface area contributed by atoms with Crippen LogP contribution in [0.4, 0.5) is 10.1 Å². The third-order valence-electron chi connectivity index (χ3n) is 2.27. The number of nitrogens with zero attached hydrogens (tertiary/aromatic N) is 1. The molecule has 1 aromatic heterocycles. The van der Waals surface area contributed by atoms with E-state index in [2.05, 4.69) is 42.2 Å². The molecule has 1 N–H and O–H groups in total. The second kappa shape index (κ2) is 5.99. The molecule has 2 nitrogen and oxygen atoms in total. The fraction of sp³-hybridized carbons (Fsp3) is 0.0833. The van der Waals surface area contributed by atoms with Gasteiger partial charge in [0.1, 0.15) is 10.4 Å². The van der Waals surface area contributed by atoms with E-state index in [9.17, 15) is 4.39 Å². The predicted molar refractivity (Wildman–Crippen MR) is 78.4 cm³/mol. The maximum Gasteiger partial charge on any atom is 0.137 e. The van der Waals surface area contributed by atoms with Crippen molar-refractivity contribution in [3.63, 3.8) is 0 Å². The highest BCUT2D eigenvalue weighted by Gasteiger charge is 2.04. The van der Waals surface area contributed by atoms with Gasteiger partial charge in [0.25, 0.3) is 0 Å². The van der Waals surface area contributed by atoms with E-state index in [1.54, 1.807) is 18.3 Å². The highest BCUT2D eigenvalue weighted by Crippen LogP contribution is 2.24. The van der Waals surface area contributed by atoms with Gasteiger partial charge < -0.3 is 5.32 Å². The number of anilines is 1. The van der Waals surface area contributed by atoms with Crippen LogP contribution in [0, 0.1) is 5.82 Å². The van der Waals surface area contributed by atoms with Crippen LogP contribution < -0.4 is 5.32 Å². The normalized spacial score (nSPS) is 10.4. The van der Waals surface area contributed by atoms with Gasteiger partial charge in [0, 0.05) is 12.7 Å². The van der Waals surface area contributed by atoms with Gasteiger partial charge in [0.05, 0.1) is 15.2 Å². The van der Waals surface area contributed by atoms with Crippen molar-refractivity contribution in [1.29, 1.82) is 0 Å². The van der Waals surface area contributed by atoms with E-state index in [1.165, 1.54) is 6.07 Å². The van der Waals surface area contributed by atoms with Crippen LogP contribution in [0.1, 0.15) is 5.56 Å². The monoisotopic (exact) mass is 392 g/mol. The second-order valence-electron chi connectivity index (χ2n) is 3.59. The van der Waals surface area contributed by atoms with Crippen molar-refractivity contribution in [2.45, 2.75) is 6.54 Å². The molecular formula is C12H8Br2ClFN2. The average molecular weight is 394 g/mol. The molecule has 94 valence electrons. The minimum atomic E-state index is -0.280. The maximum atomic E-state index is 13.3. The van der Waals surface area contributed by atoms with Gasteiger partial charge in [-0.15, -0.1) is 0 Å². The Kier molecular flexibility index (Phi) is 4.59. The van der Waals surface area contributed by atoms with Crippen LogP contribution in [0.2, 0.25) is 5.02 Å². The average Bonchev–Trinajstić information content (AvgIpc) is 2.34. The van der Waals surface area contributed by atoms with Crippen molar-refractivity contribution in [1.82, 2.24) is 4.98 Å². The number of rotatable bonds is 3. The predicted octanol–water partition coefficient (Wildman–Crippen LogP) is 5.01. The molecule has 0 unspecified atom stereocenters. The van der Waals surface area contributed by atoms with E-state index < -0.39 is 0 Å². The largest absolute Gasteiger partial charge is 0.379 e. The zero-order valence-corrected chi connectivity index (χ0v) is 13.0. The lowest BCUT2D eigenvalue weighted by Gasteiger charge is -2.08. The lowest BCUT2D eigenvalue weighted by Crippen LogP contribution is -2.01. The first-order valence-corrected chi connectivity index (χ1v) is 7.01. The molecule has 0 amide bonds. The van der Waals surface area contributed by atoms with Gasteiger partial charge in [0.2, 0.25) is 0 Å². The van der Waals surface area contributed by atoms with Gasteiger partial charge in [-0.2, -0.15) is 0 Å². The Hall–Kier alpha value is -0.650. The zero-order chi connectivity index (χ0) is 13.1. The van der Waals surface area contributed by atoms with Crippen LogP contribution in [0.5, 0.6) is 0 Å². The third-order valence-corrected chi connectivity index (χ3v) is 3.75. The second-order valence-corrected chi connectivity index (χ2v) is 5.64. The SMILES string of the molecule is Fc1cc(CNc2cc(Cl)cnc2Br)ccc1Br. The van der Waals surface area contributed by atoms with Crippen LogP contribution in [0.15, 0.2) is 39.5 Å². The zero-order valence-electron chi connectivity index (χ0n) is 9.05. The van der Waals surface area contributed by atoms with Gasteiger partial charge in [-0.3, -0.25) is 0 Å². The summed E-state index contributed by atoms with van der Waals surface area (Å²) in [4.78, 5) is 4.06. The number of pyridine rings is 1. The summed E-state index contributed by atoms with van der Waals surface area (Å²) < 4.78 is 14.5. The lowest BCUT2D eigenvalue weighted by molar-refractivity contribution is 0.619. The van der Waals surface area contributed by atoms with Crippen LogP contribution in [-0.2, 0) is 6.54 Å². The first-order chi connectivity index (χ1) is 8.56. The minimum absolute atomic E-state index is 0.280. The fourth-order valence-corrected chi connectivity index (χ4v) is 2.15. The van der Waals surface area contributed by atoms with Crippen molar-refractivity contribution in [2.24, 2.45) is 0 Å². The summed E-state index contributed by atoms with van der Waals surface area (Å²) in [6.07, 6.45) is 1.55. The van der Waals surface area contributed by atoms with Gasteiger partial charge in [-0.1, -0.05) is 17.7 Å². The number of hydrogen-bond acceptors (Lipinski definition) is 2. The van der Waals surface area contributed by atoms with Gasteiger partial charge in [0.15, 0.2) is 0 Å². The smallest absolute Gasteiger partial charge is 0.137 e. The van der Waals surface area contributed by atoms with E-state index in [-0.39, 0.29) is 5.82 Å². The molecule has 0 aliphatic heterocycles. The molecule has 0 aliphatic carbocycles. The summed E-state index contributed by atoms with van der Waals surface area (Å²) in [5.41, 5.74) is 1.61. The highest BCUT2D eigenvalue weighted by molar-refractivity contribution is 9.10. The van der Waals surface area contributed by atoms with Crippen molar-refractivity contribution in [3.05, 3.63) is 55.9 Å². The van der Waals surface area contributed by atoms with Crippen LogP contribution in [0.3, 0.4) is 0 Å². The summed E-state index contributed by atoms with van der Waals surface area (Å²) in [7, 11) is 0. The molecule has 0 radical (unpaired) electrons. The highest BCUT2D eigenvalue weighted by atomic mass is 79.9.